The van der Waals surface area contributed by atoms with Gasteiger partial charge in [-0.3, -0.25) is 4.21 Å². The summed E-state index contributed by atoms with van der Waals surface area (Å²) in [6, 6.07) is 8.71. The highest BCUT2D eigenvalue weighted by Gasteiger charge is 2.17. The van der Waals surface area contributed by atoms with E-state index in [9.17, 15) is 4.21 Å². The van der Waals surface area contributed by atoms with E-state index in [1.807, 2.05) is 0 Å². The van der Waals surface area contributed by atoms with Gasteiger partial charge in [-0.1, -0.05) is 71.4 Å². The number of benzene rings is 1. The molecule has 0 N–H and O–H groups in total. The summed E-state index contributed by atoms with van der Waals surface area (Å²) < 4.78 is 22.4. The highest BCUT2D eigenvalue weighted by atomic mass is 32.2. The maximum atomic E-state index is 11.5. The molecule has 4 nitrogen and oxygen atoms in total. The molecule has 1 unspecified atom stereocenters. The Bertz CT molecular complexity index is 706. The molecule has 2 saturated heterocycles. The summed E-state index contributed by atoms with van der Waals surface area (Å²) in [4.78, 5) is 2.39. The van der Waals surface area contributed by atoms with Crippen molar-refractivity contribution in [3.8, 4) is 0 Å². The average Bonchev–Trinajstić information content (AvgIpc) is 2.75. The molecule has 0 aliphatic carbocycles. The molecule has 0 saturated carbocycles. The lowest BCUT2D eigenvalue weighted by Crippen LogP contribution is -2.41. The quantitative estimate of drug-likeness (QED) is 0.469. The van der Waals surface area contributed by atoms with Crippen LogP contribution in [0.15, 0.2) is 24.3 Å². The molecule has 2 aliphatic rings. The van der Waals surface area contributed by atoms with E-state index < -0.39 is 9.52 Å². The van der Waals surface area contributed by atoms with Crippen LogP contribution in [-0.2, 0) is 19.0 Å². The lowest BCUT2D eigenvalue weighted by molar-refractivity contribution is -0.167. The predicted molar refractivity (Wildman–Crippen MR) is 146 cm³/mol. The summed E-state index contributed by atoms with van der Waals surface area (Å²) >= 11 is 0. The maximum Gasteiger partial charge on any atom is 0.157 e. The van der Waals surface area contributed by atoms with Crippen molar-refractivity contribution in [3.05, 3.63) is 35.4 Å². The fourth-order valence-electron chi connectivity index (χ4n) is 3.60. The van der Waals surface area contributed by atoms with E-state index in [2.05, 4.69) is 83.5 Å². The van der Waals surface area contributed by atoms with Crippen LogP contribution in [-0.4, -0.2) is 65.6 Å². The Morgan fingerprint density at radius 1 is 1.03 bits per heavy atom. The first-order valence-corrected chi connectivity index (χ1v) is 14.9. The minimum Gasteiger partial charge on any atom is -0.353 e. The van der Waals surface area contributed by atoms with Crippen molar-refractivity contribution >= 4 is 15.4 Å². The fourth-order valence-corrected chi connectivity index (χ4v) is 4.98. The second-order valence-electron chi connectivity index (χ2n) is 10.7. The molecule has 2 aliphatic heterocycles. The first-order valence-electron chi connectivity index (χ1n) is 12.8. The van der Waals surface area contributed by atoms with Crippen LogP contribution in [0.4, 0.5) is 0 Å². The van der Waals surface area contributed by atoms with E-state index in [1.54, 1.807) is 0 Å². The molecule has 5 heteroatoms. The van der Waals surface area contributed by atoms with Gasteiger partial charge in [0.15, 0.2) is 6.29 Å². The van der Waals surface area contributed by atoms with Crippen molar-refractivity contribution in [1.82, 2.24) is 4.90 Å². The molecule has 0 aromatic heterocycles. The van der Waals surface area contributed by atoms with Gasteiger partial charge in [0.1, 0.15) is 0 Å². The van der Waals surface area contributed by atoms with Crippen LogP contribution in [0.1, 0.15) is 77.8 Å². The Morgan fingerprint density at radius 2 is 1.64 bits per heavy atom. The maximum absolute atomic E-state index is 11.5. The lowest BCUT2D eigenvalue weighted by atomic mass is 10.0. The number of rotatable bonds is 6. The van der Waals surface area contributed by atoms with Crippen LogP contribution in [0.25, 0.3) is 0 Å². The Labute approximate surface area is 205 Å². The zero-order valence-electron chi connectivity index (χ0n) is 22.5. The molecule has 0 amide bonds. The molecule has 2 fully saturated rings. The molecule has 0 radical (unpaired) electrons. The van der Waals surface area contributed by atoms with Crippen molar-refractivity contribution in [2.45, 2.75) is 79.9 Å². The van der Waals surface area contributed by atoms with Crippen molar-refractivity contribution in [2.75, 3.05) is 44.4 Å². The molecule has 33 heavy (non-hydrogen) atoms. The highest BCUT2D eigenvalue weighted by molar-refractivity contribution is 8.00. The van der Waals surface area contributed by atoms with Gasteiger partial charge in [0.2, 0.25) is 0 Å². The van der Waals surface area contributed by atoms with Gasteiger partial charge in [-0.2, -0.15) is 0 Å². The fraction of sp³-hybridized carbons (Fsp3) is 0.750. The topological polar surface area (TPSA) is 38.8 Å². The summed E-state index contributed by atoms with van der Waals surface area (Å²) in [5.74, 6) is 7.30. The molecule has 1 atom stereocenters. The Morgan fingerprint density at radius 3 is 2.09 bits per heavy atom. The molecular formula is C28H51NO3S. The number of ether oxygens (including phenoxy) is 2. The monoisotopic (exact) mass is 481 g/mol. The van der Waals surface area contributed by atoms with Crippen LogP contribution in [0.3, 0.4) is 0 Å². The van der Waals surface area contributed by atoms with Crippen molar-refractivity contribution in [2.24, 2.45) is 11.8 Å². The summed E-state index contributed by atoms with van der Waals surface area (Å²) in [6.45, 7) is 20.1. The molecule has 0 bridgehead atoms. The van der Waals surface area contributed by atoms with E-state index in [4.69, 9.17) is 9.47 Å². The normalized spacial score (nSPS) is 20.7. The average molecular weight is 482 g/mol. The van der Waals surface area contributed by atoms with Gasteiger partial charge >= 0.3 is 0 Å². The zero-order chi connectivity index (χ0) is 24.9. The Balaban J connectivity index is 0.000000249. The van der Waals surface area contributed by atoms with Gasteiger partial charge in [0.25, 0.3) is 0 Å². The number of hydrogen-bond donors (Lipinski definition) is 0. The molecule has 1 aromatic carbocycles. The second-order valence-corrected chi connectivity index (χ2v) is 13.4. The van der Waals surface area contributed by atoms with E-state index >= 15 is 0 Å². The van der Waals surface area contributed by atoms with Gasteiger partial charge in [0.05, 0.1) is 6.61 Å². The summed E-state index contributed by atoms with van der Waals surface area (Å²) in [6.07, 6.45) is 3.61. The standard InChI is InChI=1S/C10H14.C9H19NOS.C9H18O2/c1-8(2)10-6-4-9(3)5-7-10;1-9(2)8-10-4-6-12(3,11)7-5-10;1-8(2)7-11-9-5-3-4-6-10-9/h4-8H,1-3H3;9H,3-8H2,1-2H3;8-9H,3-7H2,1-2H3. The predicted octanol–water partition coefficient (Wildman–Crippen LogP) is 5.98. The van der Waals surface area contributed by atoms with E-state index in [0.29, 0.717) is 17.8 Å². The number of nitrogens with zero attached hydrogens (tertiary/aromatic N) is 1. The van der Waals surface area contributed by atoms with Crippen molar-refractivity contribution < 1.29 is 13.7 Å². The first-order chi connectivity index (χ1) is 15.5. The Hall–Kier alpha value is -0.880. The van der Waals surface area contributed by atoms with E-state index in [-0.39, 0.29) is 6.29 Å². The molecule has 192 valence electrons. The number of aryl methyl sites for hydroxylation is 1. The smallest absolute Gasteiger partial charge is 0.157 e. The largest absolute Gasteiger partial charge is 0.353 e. The molecule has 1 aromatic rings. The summed E-state index contributed by atoms with van der Waals surface area (Å²) in [5, 5.41) is 0. The summed E-state index contributed by atoms with van der Waals surface area (Å²) in [7, 11) is -1.69. The van der Waals surface area contributed by atoms with Gasteiger partial charge in [-0.15, -0.1) is 0 Å². The zero-order valence-corrected chi connectivity index (χ0v) is 23.3. The summed E-state index contributed by atoms with van der Waals surface area (Å²) in [5.41, 5.74) is 2.76. The van der Waals surface area contributed by atoms with Gasteiger partial charge in [-0.05, 0) is 64.9 Å². The minimum absolute atomic E-state index is 0.0890. The van der Waals surface area contributed by atoms with Crippen LogP contribution in [0, 0.1) is 18.8 Å². The lowest BCUT2D eigenvalue weighted by Gasteiger charge is -2.29. The second kappa shape index (κ2) is 15.9. The third kappa shape index (κ3) is 14.9. The molecule has 3 rings (SSSR count). The van der Waals surface area contributed by atoms with Crippen molar-refractivity contribution in [3.63, 3.8) is 0 Å². The van der Waals surface area contributed by atoms with Crippen LogP contribution < -0.4 is 0 Å². The first kappa shape index (κ1) is 30.2. The van der Waals surface area contributed by atoms with Crippen LogP contribution >= 0.6 is 0 Å². The van der Waals surface area contributed by atoms with Gasteiger partial charge in [-0.25, -0.2) is 0 Å². The van der Waals surface area contributed by atoms with Gasteiger partial charge < -0.3 is 14.4 Å². The Kier molecular flexibility index (Phi) is 14.5. The third-order valence-electron chi connectivity index (χ3n) is 5.68. The molecule has 2 heterocycles. The minimum atomic E-state index is -1.69. The molecular weight excluding hydrogens is 430 g/mol. The van der Waals surface area contributed by atoms with Gasteiger partial charge in [0, 0.05) is 37.7 Å². The van der Waals surface area contributed by atoms with Crippen molar-refractivity contribution in [1.29, 1.82) is 0 Å². The van der Waals surface area contributed by atoms with Crippen LogP contribution in [0.2, 0.25) is 0 Å². The molecule has 0 spiro atoms. The third-order valence-corrected chi connectivity index (χ3v) is 7.53. The van der Waals surface area contributed by atoms with E-state index in [0.717, 1.165) is 50.8 Å². The SMILES string of the molecule is C=S1(=O)CCN(CC(C)C)CC1.CC(C)COC1CCCCO1.Cc1ccc(C(C)C)cc1. The van der Waals surface area contributed by atoms with E-state index in [1.165, 1.54) is 24.0 Å². The highest BCUT2D eigenvalue weighted by Crippen LogP contribution is 2.15. The number of hydrogen-bond acceptors (Lipinski definition) is 4. The van der Waals surface area contributed by atoms with Crippen LogP contribution in [0.5, 0.6) is 0 Å².